The van der Waals surface area contributed by atoms with Gasteiger partial charge in [-0.25, -0.2) is 0 Å². The van der Waals surface area contributed by atoms with Gasteiger partial charge in [0.2, 0.25) is 0 Å². The lowest BCUT2D eigenvalue weighted by Gasteiger charge is -2.44. The first-order valence-corrected chi connectivity index (χ1v) is 11.3. The molecular formula is C23H30O2Si. The van der Waals surface area contributed by atoms with Gasteiger partial charge in [0, 0.05) is 0 Å². The molecule has 0 fully saturated rings. The lowest BCUT2D eigenvalue weighted by Crippen LogP contribution is -2.67. The topological polar surface area (TPSA) is 26.3 Å². The van der Waals surface area contributed by atoms with Crippen molar-refractivity contribution in [1.29, 1.82) is 0 Å². The molecule has 0 heterocycles. The second-order valence-corrected chi connectivity index (χ2v) is 11.8. The number of hydrogen-bond donors (Lipinski definition) is 0. The number of carbonyl (C=O) groups excluding carboxylic acids is 1. The molecule has 0 saturated carbocycles. The van der Waals surface area contributed by atoms with Crippen LogP contribution in [0.2, 0.25) is 5.04 Å². The van der Waals surface area contributed by atoms with E-state index in [1.807, 2.05) is 12.1 Å². The van der Waals surface area contributed by atoms with Gasteiger partial charge in [-0.05, 0) is 28.3 Å². The van der Waals surface area contributed by atoms with Gasteiger partial charge in [-0.1, -0.05) is 101 Å². The van der Waals surface area contributed by atoms with Crippen LogP contribution >= 0.6 is 0 Å². The van der Waals surface area contributed by atoms with E-state index in [1.165, 1.54) is 10.4 Å². The van der Waals surface area contributed by atoms with Crippen molar-refractivity contribution in [2.24, 2.45) is 0 Å². The number of hydrogen-bond acceptors (Lipinski definition) is 2. The third-order valence-corrected chi connectivity index (χ3v) is 9.73. The molecule has 0 aliphatic rings. The Morgan fingerprint density at radius 3 is 1.81 bits per heavy atom. The maximum absolute atomic E-state index is 11.8. The largest absolute Gasteiger partial charge is 0.397 e. The van der Waals surface area contributed by atoms with Crippen molar-refractivity contribution in [2.75, 3.05) is 0 Å². The molecule has 0 aliphatic heterocycles. The molecule has 0 aromatic heterocycles. The average Bonchev–Trinajstić information content (AvgIpc) is 2.65. The van der Waals surface area contributed by atoms with Crippen LogP contribution in [0.1, 0.15) is 40.5 Å². The van der Waals surface area contributed by atoms with Gasteiger partial charge in [0.25, 0.3) is 8.32 Å². The molecule has 2 aromatic rings. The number of rotatable bonds is 8. The zero-order valence-corrected chi connectivity index (χ0v) is 17.3. The van der Waals surface area contributed by atoms with E-state index in [2.05, 4.69) is 88.4 Å². The average molecular weight is 367 g/mol. The minimum Gasteiger partial charge on any atom is -0.397 e. The molecule has 2 nitrogen and oxygen atoms in total. The molecule has 3 heteroatoms. The van der Waals surface area contributed by atoms with Gasteiger partial charge < -0.3 is 9.22 Å². The summed E-state index contributed by atoms with van der Waals surface area (Å²) in [5.74, 6) is 0. The van der Waals surface area contributed by atoms with E-state index in [1.54, 1.807) is 0 Å². The smallest absolute Gasteiger partial charge is 0.262 e. The van der Waals surface area contributed by atoms with Crippen LogP contribution < -0.4 is 10.4 Å². The molecule has 0 saturated heterocycles. The highest BCUT2D eigenvalue weighted by atomic mass is 28.4. The lowest BCUT2D eigenvalue weighted by molar-refractivity contribution is -0.113. The Balaban J connectivity index is 2.60. The Morgan fingerprint density at radius 1 is 0.923 bits per heavy atom. The van der Waals surface area contributed by atoms with Crippen molar-refractivity contribution >= 4 is 25.0 Å². The van der Waals surface area contributed by atoms with Gasteiger partial charge in [-0.3, -0.25) is 0 Å². The number of carbonyl (C=O) groups is 1. The summed E-state index contributed by atoms with van der Waals surface area (Å²) in [5.41, 5.74) is 0. The summed E-state index contributed by atoms with van der Waals surface area (Å²) in [6.07, 6.45) is 6.23. The van der Waals surface area contributed by atoms with Crippen LogP contribution in [0.25, 0.3) is 0 Å². The standard InChI is InChI=1S/C23H30O2Si/c1-5-6-9-14-20(19-24)25-26(23(2,3)4,21-15-10-7-11-16-21)22-17-12-8-13-18-22/h6-13,15-20H,5,14H2,1-4H3. The van der Waals surface area contributed by atoms with E-state index in [9.17, 15) is 4.79 Å². The summed E-state index contributed by atoms with van der Waals surface area (Å²) in [6, 6.07) is 20.9. The summed E-state index contributed by atoms with van der Waals surface area (Å²) in [5, 5.41) is 2.28. The third kappa shape index (κ3) is 4.40. The quantitative estimate of drug-likeness (QED) is 0.391. The molecular weight excluding hydrogens is 336 g/mol. The van der Waals surface area contributed by atoms with Crippen LogP contribution in [0.15, 0.2) is 72.8 Å². The first-order chi connectivity index (χ1) is 12.5. The SMILES string of the molecule is CCC=CCC(C=O)O[Si](c1ccccc1)(c1ccccc1)C(C)(C)C. The normalized spacial score (nSPS) is 13.7. The van der Waals surface area contributed by atoms with Crippen molar-refractivity contribution in [3.63, 3.8) is 0 Å². The summed E-state index contributed by atoms with van der Waals surface area (Å²) >= 11 is 0. The number of benzene rings is 2. The van der Waals surface area contributed by atoms with Crippen LogP contribution in [0.3, 0.4) is 0 Å². The minimum absolute atomic E-state index is 0.120. The maximum Gasteiger partial charge on any atom is 0.262 e. The zero-order valence-electron chi connectivity index (χ0n) is 16.3. The van der Waals surface area contributed by atoms with E-state index >= 15 is 0 Å². The summed E-state index contributed by atoms with van der Waals surface area (Å²) < 4.78 is 6.79. The van der Waals surface area contributed by atoms with Crippen molar-refractivity contribution in [3.05, 3.63) is 72.8 Å². The van der Waals surface area contributed by atoms with Crippen LogP contribution in [-0.4, -0.2) is 20.7 Å². The van der Waals surface area contributed by atoms with Gasteiger partial charge in [-0.2, -0.15) is 0 Å². The Bertz CT molecular complexity index is 662. The molecule has 2 rings (SSSR count). The van der Waals surface area contributed by atoms with E-state index in [4.69, 9.17) is 4.43 Å². The Morgan fingerprint density at radius 2 is 1.42 bits per heavy atom. The third-order valence-electron chi connectivity index (χ3n) is 4.67. The van der Waals surface area contributed by atoms with Crippen LogP contribution in [-0.2, 0) is 9.22 Å². The molecule has 1 unspecified atom stereocenters. The number of allylic oxidation sites excluding steroid dienone is 1. The molecule has 1 atom stereocenters. The Kier molecular flexibility index (Phi) is 7.12. The van der Waals surface area contributed by atoms with Gasteiger partial charge in [0.05, 0.1) is 0 Å². The van der Waals surface area contributed by atoms with E-state index in [0.717, 1.165) is 12.7 Å². The fourth-order valence-electron chi connectivity index (χ4n) is 3.45. The van der Waals surface area contributed by atoms with Crippen LogP contribution in [0.4, 0.5) is 0 Å². The predicted octanol–water partition coefficient (Wildman–Crippen LogP) is 4.49. The first-order valence-electron chi connectivity index (χ1n) is 9.35. The molecule has 0 aliphatic carbocycles. The lowest BCUT2D eigenvalue weighted by atomic mass is 10.2. The molecule has 26 heavy (non-hydrogen) atoms. The van der Waals surface area contributed by atoms with E-state index in [-0.39, 0.29) is 5.04 Å². The van der Waals surface area contributed by atoms with Crippen molar-refractivity contribution in [1.82, 2.24) is 0 Å². The second-order valence-electron chi connectivity index (χ2n) is 7.57. The van der Waals surface area contributed by atoms with Gasteiger partial charge in [-0.15, -0.1) is 0 Å². The van der Waals surface area contributed by atoms with Gasteiger partial charge >= 0.3 is 0 Å². The second kappa shape index (κ2) is 9.11. The highest BCUT2D eigenvalue weighted by Gasteiger charge is 2.51. The summed E-state index contributed by atoms with van der Waals surface area (Å²) in [4.78, 5) is 11.8. The zero-order chi connectivity index (χ0) is 19.0. The van der Waals surface area contributed by atoms with Crippen molar-refractivity contribution in [2.45, 2.75) is 51.7 Å². The fraction of sp³-hybridized carbons (Fsp3) is 0.348. The molecule has 0 radical (unpaired) electrons. The Labute approximate surface area is 159 Å². The van der Waals surface area contributed by atoms with Crippen molar-refractivity contribution in [3.8, 4) is 0 Å². The van der Waals surface area contributed by atoms with Crippen LogP contribution in [0.5, 0.6) is 0 Å². The van der Waals surface area contributed by atoms with E-state index in [0.29, 0.717) is 6.42 Å². The highest BCUT2D eigenvalue weighted by Crippen LogP contribution is 2.37. The monoisotopic (exact) mass is 366 g/mol. The fourth-order valence-corrected chi connectivity index (χ4v) is 8.07. The molecule has 0 N–H and O–H groups in total. The number of aldehydes is 1. The highest BCUT2D eigenvalue weighted by molar-refractivity contribution is 6.99. The molecule has 0 spiro atoms. The van der Waals surface area contributed by atoms with E-state index < -0.39 is 14.4 Å². The predicted molar refractivity (Wildman–Crippen MR) is 113 cm³/mol. The van der Waals surface area contributed by atoms with Crippen molar-refractivity contribution < 1.29 is 9.22 Å². The maximum atomic E-state index is 11.8. The summed E-state index contributed by atoms with van der Waals surface area (Å²) in [6.45, 7) is 8.77. The van der Waals surface area contributed by atoms with Gasteiger partial charge in [0.1, 0.15) is 12.4 Å². The molecule has 2 aromatic carbocycles. The molecule has 0 bridgehead atoms. The minimum atomic E-state index is -2.66. The molecule has 138 valence electrons. The summed E-state index contributed by atoms with van der Waals surface area (Å²) in [7, 11) is -2.66. The van der Waals surface area contributed by atoms with Crippen LogP contribution in [0, 0.1) is 0 Å². The Hall–Kier alpha value is -1.97. The molecule has 0 amide bonds. The first kappa shape index (κ1) is 20.3. The van der Waals surface area contributed by atoms with Gasteiger partial charge in [0.15, 0.2) is 0 Å².